The average molecular weight is 465 g/mol. The van der Waals surface area contributed by atoms with Crippen LogP contribution in [0.25, 0.3) is 28.2 Å². The van der Waals surface area contributed by atoms with Crippen LogP contribution in [0.3, 0.4) is 0 Å². The van der Waals surface area contributed by atoms with E-state index >= 15 is 0 Å². The van der Waals surface area contributed by atoms with E-state index in [-0.39, 0.29) is 0 Å². The number of halogens is 3. The van der Waals surface area contributed by atoms with Gasteiger partial charge in [-0.1, -0.05) is 36.5 Å². The molecular weight excluding hydrogens is 455 g/mol. The molecular formula is C13H10Cl3N3SSn-3. The Labute approximate surface area is 147 Å². The first-order chi connectivity index (χ1) is 10.1. The van der Waals surface area contributed by atoms with Crippen LogP contribution in [0.5, 0.6) is 0 Å². The van der Waals surface area contributed by atoms with E-state index < -0.39 is 16.4 Å². The van der Waals surface area contributed by atoms with Gasteiger partial charge in [-0.05, 0) is 11.1 Å². The van der Waals surface area contributed by atoms with E-state index in [1.807, 2.05) is 0 Å². The van der Waals surface area contributed by atoms with Crippen molar-refractivity contribution in [1.82, 2.24) is 0 Å². The summed E-state index contributed by atoms with van der Waals surface area (Å²) in [5.41, 5.74) is 4.51. The van der Waals surface area contributed by atoms with Crippen molar-refractivity contribution in [2.45, 2.75) is 0 Å². The molecule has 1 aromatic rings. The molecule has 0 saturated carbocycles. The van der Waals surface area contributed by atoms with E-state index in [9.17, 15) is 0 Å². The first-order valence-corrected chi connectivity index (χ1v) is 17.0. The van der Waals surface area contributed by atoms with Crippen LogP contribution in [0.4, 0.5) is 11.4 Å². The molecule has 3 nitrogen and oxygen atoms in total. The van der Waals surface area contributed by atoms with Crippen LogP contribution in [0, 0.1) is 0 Å². The molecule has 8 heteroatoms. The number of hydrogen-bond donors (Lipinski definition) is 0. The molecule has 0 amide bonds. The van der Waals surface area contributed by atoms with Crippen LogP contribution >= 0.6 is 39.0 Å². The standard InChI is InChI=1S/C12H10N2.CNS.3ClH.Sn/c1-3-9-5-6-10-4-2-8-14-12(10)11(9)13-7-1;2-1-3;;;;/h1-6H,7-8H2;;3*1H;/q-2;-1;;;;+3/p-3. The summed E-state index contributed by atoms with van der Waals surface area (Å²) in [5, 5.41) is 17.5. The number of rotatable bonds is 0. The summed E-state index contributed by atoms with van der Waals surface area (Å²) < 4.78 is 0. The largest absolute Gasteiger partial charge is 0.753 e. The second-order valence-electron chi connectivity index (χ2n) is 3.73. The SMILES string of the molecule is C1=Cc2ccc3c(c2[N-]C1)[N-]CC=C3.[Cl][Sn]([Cl])[Cl].[N-]=C=S. The molecule has 0 atom stereocenters. The molecule has 1 radical (unpaired) electrons. The Hall–Kier alpha value is -0.231. The minimum atomic E-state index is -2.13. The molecule has 0 fully saturated rings. The van der Waals surface area contributed by atoms with Gasteiger partial charge in [0.05, 0.1) is 0 Å². The molecule has 0 unspecified atom stereocenters. The van der Waals surface area contributed by atoms with E-state index in [1.165, 1.54) is 16.3 Å². The van der Waals surface area contributed by atoms with Crippen molar-refractivity contribution in [1.29, 1.82) is 0 Å². The van der Waals surface area contributed by atoms with Gasteiger partial charge in [-0.3, -0.25) is 0 Å². The van der Waals surface area contributed by atoms with Crippen LogP contribution in [0.1, 0.15) is 11.1 Å². The number of nitrogens with zero attached hydrogens (tertiary/aromatic N) is 3. The Morgan fingerprint density at radius 2 is 1.33 bits per heavy atom. The Kier molecular flexibility index (Phi) is 9.40. The molecule has 1 aromatic carbocycles. The molecule has 0 bridgehead atoms. The zero-order valence-corrected chi connectivity index (χ0v) is 16.7. The third kappa shape index (κ3) is 6.59. The van der Waals surface area contributed by atoms with Crippen LogP contribution in [-0.2, 0) is 0 Å². The summed E-state index contributed by atoms with van der Waals surface area (Å²) in [6.07, 6.45) is 8.40. The first-order valence-electron chi connectivity index (χ1n) is 5.80. The van der Waals surface area contributed by atoms with Gasteiger partial charge in [0.2, 0.25) is 0 Å². The van der Waals surface area contributed by atoms with E-state index in [2.05, 4.69) is 59.3 Å². The molecule has 2 heterocycles. The number of fused-ring (bicyclic) bond motifs is 3. The van der Waals surface area contributed by atoms with Gasteiger partial charge < -0.3 is 16.0 Å². The second-order valence-corrected chi connectivity index (χ2v) is 16.6. The van der Waals surface area contributed by atoms with Crippen LogP contribution in [-0.4, -0.2) is 34.6 Å². The molecule has 2 aliphatic heterocycles. The number of isothiocyanates is 1. The Bertz CT molecular complexity index is 526. The van der Waals surface area contributed by atoms with Gasteiger partial charge in [-0.2, -0.15) is 5.16 Å². The van der Waals surface area contributed by atoms with Gasteiger partial charge in [0, 0.05) is 0 Å². The van der Waals surface area contributed by atoms with Gasteiger partial charge in [-0.15, -0.1) is 36.6 Å². The molecule has 0 aromatic heterocycles. The van der Waals surface area contributed by atoms with E-state index in [0.717, 1.165) is 24.5 Å². The average Bonchev–Trinajstić information content (AvgIpc) is 2.47. The smallest absolute Gasteiger partial charge is 0.0548 e. The van der Waals surface area contributed by atoms with Crippen LogP contribution in [0.15, 0.2) is 24.3 Å². The van der Waals surface area contributed by atoms with Crippen molar-refractivity contribution in [3.8, 4) is 0 Å². The third-order valence-corrected chi connectivity index (χ3v) is 2.52. The van der Waals surface area contributed by atoms with E-state index in [0.29, 0.717) is 0 Å². The summed E-state index contributed by atoms with van der Waals surface area (Å²) in [5.74, 6) is 0. The summed E-state index contributed by atoms with van der Waals surface area (Å²) in [7, 11) is 15.0. The van der Waals surface area contributed by atoms with Crippen molar-refractivity contribution < 1.29 is 0 Å². The Morgan fingerprint density at radius 1 is 1.00 bits per heavy atom. The first kappa shape index (κ1) is 18.8. The minimum absolute atomic E-state index is 0.780. The maximum Gasteiger partial charge on any atom is -0.0548 e. The third-order valence-electron chi connectivity index (χ3n) is 2.52. The van der Waals surface area contributed by atoms with Gasteiger partial charge in [0.15, 0.2) is 0 Å². The van der Waals surface area contributed by atoms with Gasteiger partial charge >= 0.3 is 43.1 Å². The summed E-state index contributed by atoms with van der Waals surface area (Å²) in [6, 6.07) is 4.22. The van der Waals surface area contributed by atoms with E-state index in [1.54, 1.807) is 0 Å². The molecule has 2 aliphatic rings. The molecule has 21 heavy (non-hydrogen) atoms. The number of hydrogen-bond acceptors (Lipinski definition) is 1. The van der Waals surface area contributed by atoms with Crippen LogP contribution < -0.4 is 0 Å². The fourth-order valence-electron chi connectivity index (χ4n) is 1.86. The van der Waals surface area contributed by atoms with E-state index in [4.69, 9.17) is 32.2 Å². The molecule has 0 saturated heterocycles. The maximum atomic E-state index is 7.13. The normalized spacial score (nSPS) is 13.1. The fraction of sp³-hybridized carbons (Fsp3) is 0.154. The predicted molar refractivity (Wildman–Crippen MR) is 99.6 cm³/mol. The monoisotopic (exact) mass is 465 g/mol. The molecule has 111 valence electrons. The Morgan fingerprint density at radius 3 is 1.67 bits per heavy atom. The summed E-state index contributed by atoms with van der Waals surface area (Å²) >= 11 is 1.57. The number of benzene rings is 1. The second kappa shape index (κ2) is 10.5. The van der Waals surface area contributed by atoms with Gasteiger partial charge in [0.1, 0.15) is 0 Å². The zero-order valence-electron chi connectivity index (χ0n) is 10.8. The van der Waals surface area contributed by atoms with Crippen molar-refractivity contribution in [2.75, 3.05) is 13.1 Å². The quantitative estimate of drug-likeness (QED) is 0.260. The molecule has 0 aliphatic carbocycles. The maximum absolute atomic E-state index is 7.13. The Balaban J connectivity index is 0.000000270. The predicted octanol–water partition coefficient (Wildman–Crippen LogP) is 6.10. The summed E-state index contributed by atoms with van der Waals surface area (Å²) in [6.45, 7) is 1.56. The fourth-order valence-corrected chi connectivity index (χ4v) is 1.86. The zero-order chi connectivity index (χ0) is 15.7. The van der Waals surface area contributed by atoms with Gasteiger partial charge in [-0.25, -0.2) is 0 Å². The van der Waals surface area contributed by atoms with Crippen molar-refractivity contribution in [3.05, 3.63) is 51.5 Å². The molecule has 3 rings (SSSR count). The molecule has 0 N–H and O–H groups in total. The van der Waals surface area contributed by atoms with Crippen LogP contribution in [0.2, 0.25) is 0 Å². The van der Waals surface area contributed by atoms with Crippen molar-refractivity contribution >= 4 is 84.0 Å². The summed E-state index contributed by atoms with van der Waals surface area (Å²) in [4.78, 5) is 0. The van der Waals surface area contributed by atoms with Crippen molar-refractivity contribution in [2.24, 2.45) is 0 Å². The van der Waals surface area contributed by atoms with Gasteiger partial charge in [0.25, 0.3) is 0 Å². The minimum Gasteiger partial charge on any atom is -0.753 e. The number of thiocarbonyl (C=S) groups is 1. The molecule has 0 spiro atoms. The van der Waals surface area contributed by atoms with Crippen molar-refractivity contribution in [3.63, 3.8) is 0 Å². The topological polar surface area (TPSA) is 50.5 Å².